The Morgan fingerprint density at radius 3 is 2.60 bits per heavy atom. The average Bonchev–Trinajstić information content (AvgIpc) is 2.53. The van der Waals surface area contributed by atoms with Gasteiger partial charge in [0.1, 0.15) is 5.58 Å². The van der Waals surface area contributed by atoms with Crippen molar-refractivity contribution in [3.63, 3.8) is 0 Å². The summed E-state index contributed by atoms with van der Waals surface area (Å²) in [5.41, 5.74) is -0.0717. The first-order valence-corrected chi connectivity index (χ1v) is 7.92. The maximum absolute atomic E-state index is 11.2. The Balaban J connectivity index is 0.00000156. The molecule has 25 heavy (non-hydrogen) atoms. The van der Waals surface area contributed by atoms with Crippen LogP contribution in [0, 0.1) is 0 Å². The number of hydrogen-bond donors (Lipinski definition) is 1. The van der Waals surface area contributed by atoms with Gasteiger partial charge in [-0.15, -0.1) is 24.8 Å². The molecule has 0 spiro atoms. The molecule has 1 aliphatic heterocycles. The second-order valence-corrected chi connectivity index (χ2v) is 5.96. The first-order chi connectivity index (χ1) is 11.1. The maximum atomic E-state index is 11.2. The zero-order valence-electron chi connectivity index (χ0n) is 14.1. The zero-order chi connectivity index (χ0) is 16.2. The molecule has 0 bridgehead atoms. The van der Waals surface area contributed by atoms with Gasteiger partial charge in [0.2, 0.25) is 0 Å². The van der Waals surface area contributed by atoms with Crippen molar-refractivity contribution < 1.29 is 14.3 Å². The Morgan fingerprint density at radius 1 is 1.16 bits per heavy atom. The summed E-state index contributed by atoms with van der Waals surface area (Å²) in [6.07, 6.45) is 0.908. The lowest BCUT2D eigenvalue weighted by atomic mass is 10.2. The van der Waals surface area contributed by atoms with Crippen LogP contribution in [0.5, 0.6) is 11.5 Å². The van der Waals surface area contributed by atoms with E-state index < -0.39 is 5.63 Å². The topological polar surface area (TPSA) is 66.2 Å². The summed E-state index contributed by atoms with van der Waals surface area (Å²) >= 11 is 0. The van der Waals surface area contributed by atoms with E-state index in [-0.39, 0.29) is 30.6 Å². The molecule has 1 aromatic heterocycles. The molecule has 140 valence electrons. The van der Waals surface area contributed by atoms with Gasteiger partial charge in [-0.3, -0.25) is 0 Å². The van der Waals surface area contributed by atoms with Crippen molar-refractivity contribution in [1.82, 2.24) is 9.80 Å². The molecule has 1 aliphatic rings. The molecule has 1 N–H and O–H groups in total. The van der Waals surface area contributed by atoms with Crippen LogP contribution in [-0.2, 0) is 0 Å². The highest BCUT2D eigenvalue weighted by Crippen LogP contribution is 2.30. The van der Waals surface area contributed by atoms with Gasteiger partial charge in [0.25, 0.3) is 0 Å². The number of piperazine rings is 1. The summed E-state index contributed by atoms with van der Waals surface area (Å²) in [5, 5.41) is 10.7. The van der Waals surface area contributed by atoms with E-state index in [4.69, 9.17) is 9.15 Å². The highest BCUT2D eigenvalue weighted by molar-refractivity contribution is 5.85. The number of ether oxygens (including phenoxy) is 1. The molecule has 2 aromatic rings. The molecule has 8 heteroatoms. The van der Waals surface area contributed by atoms with E-state index in [1.165, 1.54) is 12.1 Å². The highest BCUT2D eigenvalue weighted by atomic mass is 35.5. The monoisotopic (exact) mass is 390 g/mol. The fourth-order valence-corrected chi connectivity index (χ4v) is 2.74. The van der Waals surface area contributed by atoms with Gasteiger partial charge in [-0.05, 0) is 25.6 Å². The molecule has 0 amide bonds. The van der Waals surface area contributed by atoms with E-state index in [9.17, 15) is 9.90 Å². The van der Waals surface area contributed by atoms with E-state index >= 15 is 0 Å². The van der Waals surface area contributed by atoms with Crippen LogP contribution in [0.15, 0.2) is 33.5 Å². The van der Waals surface area contributed by atoms with Gasteiger partial charge in [0.15, 0.2) is 11.5 Å². The number of likely N-dealkylation sites (N-methyl/N-ethyl adjacent to an activating group) is 1. The number of hydrogen-bond acceptors (Lipinski definition) is 6. The normalized spacial score (nSPS) is 15.4. The average molecular weight is 391 g/mol. The number of fused-ring (bicyclic) bond motifs is 1. The first-order valence-electron chi connectivity index (χ1n) is 7.92. The van der Waals surface area contributed by atoms with E-state index in [0.29, 0.717) is 17.9 Å². The van der Waals surface area contributed by atoms with Gasteiger partial charge in [-0.1, -0.05) is 0 Å². The number of benzene rings is 1. The SMILES string of the molecule is CN1CCN(CCCOc2cc3ccc(=O)oc3cc2O)CC1.Cl.Cl. The summed E-state index contributed by atoms with van der Waals surface area (Å²) in [6.45, 7) is 5.95. The molecule has 0 atom stereocenters. The summed E-state index contributed by atoms with van der Waals surface area (Å²) in [7, 11) is 2.14. The van der Waals surface area contributed by atoms with Crippen molar-refractivity contribution in [2.75, 3.05) is 46.4 Å². The summed E-state index contributed by atoms with van der Waals surface area (Å²) in [5.74, 6) is 0.413. The van der Waals surface area contributed by atoms with Crippen LogP contribution in [0.4, 0.5) is 0 Å². The van der Waals surface area contributed by atoms with Crippen LogP contribution in [0.3, 0.4) is 0 Å². The summed E-state index contributed by atoms with van der Waals surface area (Å²) < 4.78 is 10.7. The van der Waals surface area contributed by atoms with Gasteiger partial charge in [0.05, 0.1) is 6.61 Å². The maximum Gasteiger partial charge on any atom is 0.336 e. The molecular formula is C17H24Cl2N2O4. The number of aromatic hydroxyl groups is 1. The lowest BCUT2D eigenvalue weighted by Crippen LogP contribution is -2.44. The van der Waals surface area contributed by atoms with E-state index in [1.807, 2.05) is 0 Å². The molecule has 0 unspecified atom stereocenters. The fraction of sp³-hybridized carbons (Fsp3) is 0.471. The van der Waals surface area contributed by atoms with Crippen LogP contribution in [-0.4, -0.2) is 61.3 Å². The lowest BCUT2D eigenvalue weighted by molar-refractivity contribution is 0.145. The first kappa shape index (κ1) is 21.6. The standard InChI is InChI=1S/C17H22N2O4.2ClH/c1-18-6-8-19(9-7-18)5-2-10-22-16-11-13-3-4-17(21)23-15(13)12-14(16)20;;/h3-4,11-12,20H,2,5-10H2,1H3;2*1H. The summed E-state index contributed by atoms with van der Waals surface area (Å²) in [6, 6.07) is 6.14. The van der Waals surface area contributed by atoms with Gasteiger partial charge in [-0.2, -0.15) is 0 Å². The van der Waals surface area contributed by atoms with Crippen LogP contribution in [0.2, 0.25) is 0 Å². The fourth-order valence-electron chi connectivity index (χ4n) is 2.74. The van der Waals surface area contributed by atoms with Gasteiger partial charge < -0.3 is 24.1 Å². The Kier molecular flexibility index (Phi) is 8.52. The smallest absolute Gasteiger partial charge is 0.336 e. The predicted octanol–water partition coefficient (Wildman–Crippen LogP) is 2.36. The van der Waals surface area contributed by atoms with Gasteiger partial charge in [0, 0.05) is 50.2 Å². The van der Waals surface area contributed by atoms with Crippen LogP contribution < -0.4 is 10.4 Å². The quantitative estimate of drug-likeness (QED) is 0.624. The number of phenols is 1. The molecule has 1 saturated heterocycles. The van der Waals surface area contributed by atoms with Crippen LogP contribution in [0.25, 0.3) is 11.0 Å². The van der Waals surface area contributed by atoms with Crippen LogP contribution in [0.1, 0.15) is 6.42 Å². The van der Waals surface area contributed by atoms with Crippen LogP contribution >= 0.6 is 24.8 Å². The Hall–Kier alpha value is -1.47. The Labute approximate surface area is 159 Å². The van der Waals surface area contributed by atoms with Gasteiger partial charge >= 0.3 is 5.63 Å². The van der Waals surface area contributed by atoms with E-state index in [1.54, 1.807) is 12.1 Å². The third-order valence-electron chi connectivity index (χ3n) is 4.17. The van der Waals surface area contributed by atoms with E-state index in [2.05, 4.69) is 16.8 Å². The minimum atomic E-state index is -0.433. The Bertz CT molecular complexity index is 730. The molecule has 0 saturated carbocycles. The zero-order valence-corrected chi connectivity index (χ0v) is 15.8. The molecule has 3 rings (SSSR count). The molecule has 6 nitrogen and oxygen atoms in total. The molecule has 0 aliphatic carbocycles. The second-order valence-electron chi connectivity index (χ2n) is 5.96. The van der Waals surface area contributed by atoms with Crippen molar-refractivity contribution in [3.8, 4) is 11.5 Å². The third kappa shape index (κ3) is 5.78. The molecular weight excluding hydrogens is 367 g/mol. The number of rotatable bonds is 5. The van der Waals surface area contributed by atoms with Crippen molar-refractivity contribution >= 4 is 35.8 Å². The van der Waals surface area contributed by atoms with Crippen molar-refractivity contribution in [2.24, 2.45) is 0 Å². The van der Waals surface area contributed by atoms with Gasteiger partial charge in [-0.25, -0.2) is 4.79 Å². The van der Waals surface area contributed by atoms with Crippen molar-refractivity contribution in [1.29, 1.82) is 0 Å². The minimum Gasteiger partial charge on any atom is -0.504 e. The lowest BCUT2D eigenvalue weighted by Gasteiger charge is -2.32. The Morgan fingerprint density at radius 2 is 1.88 bits per heavy atom. The highest BCUT2D eigenvalue weighted by Gasteiger charge is 2.13. The largest absolute Gasteiger partial charge is 0.504 e. The second kappa shape index (κ2) is 9.87. The predicted molar refractivity (Wildman–Crippen MR) is 103 cm³/mol. The molecule has 2 heterocycles. The molecule has 0 radical (unpaired) electrons. The number of halogens is 2. The number of nitrogens with zero attached hydrogens (tertiary/aromatic N) is 2. The third-order valence-corrected chi connectivity index (χ3v) is 4.17. The molecule has 1 fully saturated rings. The number of phenolic OH excluding ortho intramolecular Hbond substituents is 1. The molecule has 1 aromatic carbocycles. The van der Waals surface area contributed by atoms with E-state index in [0.717, 1.165) is 44.5 Å². The van der Waals surface area contributed by atoms with Crippen molar-refractivity contribution in [3.05, 3.63) is 34.7 Å². The van der Waals surface area contributed by atoms with Crippen molar-refractivity contribution in [2.45, 2.75) is 6.42 Å². The minimum absolute atomic E-state index is 0. The summed E-state index contributed by atoms with van der Waals surface area (Å²) in [4.78, 5) is 15.9.